The molecule has 0 radical (unpaired) electrons. The van der Waals surface area contributed by atoms with Gasteiger partial charge in [-0.3, -0.25) is 4.79 Å². The molecular weight excluding hydrogens is 636 g/mol. The van der Waals surface area contributed by atoms with E-state index in [4.69, 9.17) is 9.47 Å². The van der Waals surface area contributed by atoms with Gasteiger partial charge in [0.2, 0.25) is 18.0 Å². The van der Waals surface area contributed by atoms with Crippen LogP contribution in [0.3, 0.4) is 0 Å². The van der Waals surface area contributed by atoms with Crippen LogP contribution in [-0.4, -0.2) is 59.4 Å². The molecule has 2 atom stereocenters. The monoisotopic (exact) mass is 674 g/mol. The molecule has 3 aromatic carbocycles. The highest BCUT2D eigenvalue weighted by Crippen LogP contribution is 2.31. The third kappa shape index (κ3) is 9.59. The number of carbonyl (C=O) groups is 3. The average Bonchev–Trinajstić information content (AvgIpc) is 3.57. The number of aromatic nitrogens is 4. The van der Waals surface area contributed by atoms with E-state index in [-0.39, 0.29) is 41.9 Å². The van der Waals surface area contributed by atoms with Gasteiger partial charge in [-0.1, -0.05) is 93.9 Å². The maximum Gasteiger partial charge on any atom is 0.515 e. The quantitative estimate of drug-likeness (QED) is 0.0625. The molecule has 0 saturated carbocycles. The molecule has 1 N–H and O–H groups in total. The maximum atomic E-state index is 13.1. The fourth-order valence-electron chi connectivity index (χ4n) is 5.14. The number of hydrogen-bond donors (Lipinski definition) is 1. The standard InChI is InChI=1S/C34H38N6O9/c1-5-6-15-30(41)38(31(22(2)3)33(42)43)20-24-16-18-25(19-17-24)27-12-8-9-13-28(27)32-35-37-39(36-32)23(4)48-34(44)49-29-14-10-7-11-26(29)21-47-40(45)46/h7-14,16-19,22-23,31H,5-6,15,20-21H2,1-4H3,(H,42,43)/t23?,31-/m1/s1. The van der Waals surface area contributed by atoms with E-state index in [2.05, 4.69) is 20.2 Å². The molecule has 1 aromatic heterocycles. The molecule has 4 rings (SSSR count). The summed E-state index contributed by atoms with van der Waals surface area (Å²) in [5, 5.41) is 32.2. The van der Waals surface area contributed by atoms with Crippen molar-refractivity contribution in [1.29, 1.82) is 0 Å². The van der Waals surface area contributed by atoms with Crippen LogP contribution in [0.1, 0.15) is 64.3 Å². The van der Waals surface area contributed by atoms with Crippen LogP contribution in [0, 0.1) is 16.0 Å². The minimum atomic E-state index is -1.09. The molecule has 1 unspecified atom stereocenters. The van der Waals surface area contributed by atoms with Crippen molar-refractivity contribution >= 4 is 18.0 Å². The molecule has 0 bridgehead atoms. The Morgan fingerprint density at radius 3 is 2.31 bits per heavy atom. The van der Waals surface area contributed by atoms with Gasteiger partial charge in [0.25, 0.3) is 5.09 Å². The van der Waals surface area contributed by atoms with E-state index in [1.807, 2.05) is 55.5 Å². The largest absolute Gasteiger partial charge is 0.515 e. The summed E-state index contributed by atoms with van der Waals surface area (Å²) in [7, 11) is 0. The van der Waals surface area contributed by atoms with Gasteiger partial charge in [0.15, 0.2) is 0 Å². The predicted molar refractivity (Wildman–Crippen MR) is 175 cm³/mol. The van der Waals surface area contributed by atoms with E-state index in [1.165, 1.54) is 24.0 Å². The first-order valence-corrected chi connectivity index (χ1v) is 15.7. The minimum absolute atomic E-state index is 0.0335. The van der Waals surface area contributed by atoms with Crippen molar-refractivity contribution in [3.63, 3.8) is 0 Å². The Morgan fingerprint density at radius 2 is 1.65 bits per heavy atom. The SMILES string of the molecule is CCCCC(=O)N(Cc1ccc(-c2ccccc2-c2nnn(C(C)OC(=O)Oc3ccccc3CO[N+](=O)[O-])n2)cc1)[C@@H](C(=O)O)C(C)C. The van der Waals surface area contributed by atoms with Crippen LogP contribution in [0.5, 0.6) is 5.75 Å². The van der Waals surface area contributed by atoms with Crippen molar-refractivity contribution in [2.24, 2.45) is 5.92 Å². The van der Waals surface area contributed by atoms with E-state index in [1.54, 1.807) is 26.0 Å². The molecule has 0 aliphatic carbocycles. The fourth-order valence-corrected chi connectivity index (χ4v) is 5.14. The lowest BCUT2D eigenvalue weighted by molar-refractivity contribution is -0.763. The number of carboxylic acids is 1. The molecule has 0 saturated heterocycles. The number of carboxylic acid groups (broad SMARTS) is 1. The van der Waals surface area contributed by atoms with Gasteiger partial charge in [-0.2, -0.15) is 0 Å². The zero-order valence-corrected chi connectivity index (χ0v) is 27.6. The number of hydrogen-bond acceptors (Lipinski definition) is 11. The third-order valence-electron chi connectivity index (χ3n) is 7.58. The first-order valence-electron chi connectivity index (χ1n) is 15.7. The lowest BCUT2D eigenvalue weighted by Crippen LogP contribution is -2.47. The molecule has 258 valence electrons. The van der Waals surface area contributed by atoms with Crippen LogP contribution in [0.15, 0.2) is 72.8 Å². The normalized spacial score (nSPS) is 12.2. The molecule has 15 heteroatoms. The highest BCUT2D eigenvalue weighted by atomic mass is 16.9. The minimum Gasteiger partial charge on any atom is -0.480 e. The zero-order chi connectivity index (χ0) is 35.5. The van der Waals surface area contributed by atoms with Gasteiger partial charge in [-0.25, -0.2) is 9.59 Å². The number of tetrazole rings is 1. The summed E-state index contributed by atoms with van der Waals surface area (Å²) in [4.78, 5) is 55.2. The van der Waals surface area contributed by atoms with Crippen LogP contribution in [0.4, 0.5) is 4.79 Å². The number of aliphatic carboxylic acids is 1. The highest BCUT2D eigenvalue weighted by Gasteiger charge is 2.32. The Hall–Kier alpha value is -5.86. The van der Waals surface area contributed by atoms with Crippen molar-refractivity contribution in [3.8, 4) is 28.3 Å². The molecule has 49 heavy (non-hydrogen) atoms. The molecule has 0 aliphatic rings. The number of benzene rings is 3. The summed E-state index contributed by atoms with van der Waals surface area (Å²) >= 11 is 0. The topological polar surface area (TPSA) is 189 Å². The molecule has 0 aliphatic heterocycles. The summed E-state index contributed by atoms with van der Waals surface area (Å²) in [6.45, 7) is 6.83. The Bertz CT molecular complexity index is 1760. The van der Waals surface area contributed by atoms with E-state index in [9.17, 15) is 29.6 Å². The Labute approximate surface area is 282 Å². The maximum absolute atomic E-state index is 13.1. The van der Waals surface area contributed by atoms with Gasteiger partial charge in [0.05, 0.1) is 0 Å². The van der Waals surface area contributed by atoms with Crippen molar-refractivity contribution in [3.05, 3.63) is 94.0 Å². The predicted octanol–water partition coefficient (Wildman–Crippen LogP) is 6.08. The van der Waals surface area contributed by atoms with Gasteiger partial charge in [-0.15, -0.1) is 25.1 Å². The summed E-state index contributed by atoms with van der Waals surface area (Å²) in [6.07, 6.45) is -0.317. The number of rotatable bonds is 16. The van der Waals surface area contributed by atoms with E-state index in [0.29, 0.717) is 12.0 Å². The van der Waals surface area contributed by atoms with Gasteiger partial charge >= 0.3 is 12.1 Å². The summed E-state index contributed by atoms with van der Waals surface area (Å²) < 4.78 is 10.5. The molecule has 15 nitrogen and oxygen atoms in total. The Morgan fingerprint density at radius 1 is 0.980 bits per heavy atom. The van der Waals surface area contributed by atoms with Gasteiger partial charge in [-0.05, 0) is 47.2 Å². The van der Waals surface area contributed by atoms with Crippen molar-refractivity contribution in [2.45, 2.75) is 72.4 Å². The van der Waals surface area contributed by atoms with Gasteiger partial charge < -0.3 is 24.3 Å². The molecular formula is C34H38N6O9. The molecule has 1 heterocycles. The second kappa shape index (κ2) is 16.8. The van der Waals surface area contributed by atoms with Crippen LogP contribution >= 0.6 is 0 Å². The van der Waals surface area contributed by atoms with Crippen molar-refractivity contribution in [2.75, 3.05) is 0 Å². The number of unbranched alkanes of at least 4 members (excludes halogenated alkanes) is 1. The van der Waals surface area contributed by atoms with E-state index < -0.39 is 36.1 Å². The van der Waals surface area contributed by atoms with Crippen molar-refractivity contribution < 1.29 is 38.9 Å². The lowest BCUT2D eigenvalue weighted by Gasteiger charge is -2.32. The molecule has 0 spiro atoms. The second-order valence-corrected chi connectivity index (χ2v) is 11.5. The highest BCUT2D eigenvalue weighted by molar-refractivity contribution is 5.84. The van der Waals surface area contributed by atoms with Crippen molar-refractivity contribution in [1.82, 2.24) is 25.1 Å². The first-order chi connectivity index (χ1) is 23.5. The molecule has 0 fully saturated rings. The smallest absolute Gasteiger partial charge is 0.480 e. The Kier molecular flexibility index (Phi) is 12.3. The fraction of sp³-hybridized carbons (Fsp3) is 0.353. The number of amides is 1. The molecule has 4 aromatic rings. The van der Waals surface area contributed by atoms with Crippen LogP contribution in [0.2, 0.25) is 0 Å². The van der Waals surface area contributed by atoms with E-state index >= 15 is 0 Å². The first kappa shape index (κ1) is 36.0. The van der Waals surface area contributed by atoms with Crippen LogP contribution in [0.25, 0.3) is 22.5 Å². The number of carbonyl (C=O) groups excluding carboxylic acids is 2. The lowest BCUT2D eigenvalue weighted by atomic mass is 9.97. The summed E-state index contributed by atoms with van der Waals surface area (Å²) in [5.41, 5.74) is 3.32. The van der Waals surface area contributed by atoms with Gasteiger partial charge in [0, 0.05) is 24.1 Å². The molecule has 1 amide bonds. The van der Waals surface area contributed by atoms with E-state index in [0.717, 1.165) is 27.9 Å². The summed E-state index contributed by atoms with van der Waals surface area (Å²) in [6, 6.07) is 20.1. The van der Waals surface area contributed by atoms with Gasteiger partial charge in [0.1, 0.15) is 18.4 Å². The van der Waals surface area contributed by atoms with Crippen LogP contribution < -0.4 is 4.74 Å². The Balaban J connectivity index is 1.48. The second-order valence-electron chi connectivity index (χ2n) is 11.5. The number of ether oxygens (including phenoxy) is 2. The average molecular weight is 675 g/mol. The number of para-hydroxylation sites is 1. The summed E-state index contributed by atoms with van der Waals surface area (Å²) in [5.74, 6) is -1.20. The van der Waals surface area contributed by atoms with Crippen LogP contribution in [-0.2, 0) is 32.3 Å². The zero-order valence-electron chi connectivity index (χ0n) is 27.6. The number of nitrogens with zero attached hydrogens (tertiary/aromatic N) is 6. The third-order valence-corrected chi connectivity index (χ3v) is 7.58.